The second-order valence-electron chi connectivity index (χ2n) is 14.3. The largest absolute Gasteiger partial charge is 0.396 e. The number of aliphatic hydroxyl groups excluding tert-OH is 1. The molecule has 1 aromatic heterocycles. The monoisotopic (exact) mass is 623 g/mol. The van der Waals surface area contributed by atoms with Gasteiger partial charge in [-0.2, -0.15) is 0 Å². The number of aromatic nitrogens is 1. The number of aliphatic hydroxyl groups is 1. The minimum absolute atomic E-state index is 0.00204. The van der Waals surface area contributed by atoms with E-state index in [2.05, 4.69) is 44.5 Å². The van der Waals surface area contributed by atoms with Crippen LogP contribution in [0.1, 0.15) is 71.7 Å². The average Bonchev–Trinajstić information content (AvgIpc) is 3.60. The first-order chi connectivity index (χ1) is 20.9. The van der Waals surface area contributed by atoms with Crippen molar-refractivity contribution in [3.05, 3.63) is 35.3 Å². The fourth-order valence-corrected chi connectivity index (χ4v) is 7.93. The number of amides is 3. The van der Waals surface area contributed by atoms with Gasteiger partial charge in [0, 0.05) is 38.4 Å². The number of benzene rings is 1. The molecule has 4 heterocycles. The van der Waals surface area contributed by atoms with Gasteiger partial charge in [0.2, 0.25) is 17.7 Å². The van der Waals surface area contributed by atoms with E-state index in [9.17, 15) is 19.5 Å². The van der Waals surface area contributed by atoms with Gasteiger partial charge in [0.25, 0.3) is 0 Å². The second kappa shape index (κ2) is 13.7. The predicted molar refractivity (Wildman–Crippen MR) is 175 cm³/mol. The number of nitrogens with zero attached hydrogens (tertiary/aromatic N) is 5. The number of hydrogen-bond acceptors (Lipinski definition) is 7. The van der Waals surface area contributed by atoms with E-state index in [1.54, 1.807) is 28.4 Å². The predicted octanol–water partition coefficient (Wildman–Crippen LogP) is 4.46. The number of piperazine rings is 1. The highest BCUT2D eigenvalue weighted by Gasteiger charge is 2.53. The normalized spacial score (nSPS) is 25.2. The minimum atomic E-state index is -0.608. The van der Waals surface area contributed by atoms with Crippen LogP contribution in [-0.2, 0) is 14.4 Å². The Morgan fingerprint density at radius 1 is 1.11 bits per heavy atom. The number of thiazole rings is 1. The highest BCUT2D eigenvalue weighted by molar-refractivity contribution is 7.19. The summed E-state index contributed by atoms with van der Waals surface area (Å²) in [6, 6.07) is 7.36. The molecule has 3 aliphatic rings. The lowest BCUT2D eigenvalue weighted by atomic mass is 9.83. The Hall–Kier alpha value is -2.82. The summed E-state index contributed by atoms with van der Waals surface area (Å²) in [6.07, 6.45) is 6.64. The van der Waals surface area contributed by atoms with E-state index >= 15 is 0 Å². The average molecular weight is 624 g/mol. The number of fused-ring (bicyclic) bond motifs is 2. The summed E-state index contributed by atoms with van der Waals surface area (Å²) in [5.41, 5.74) is 0.719. The first-order valence-corrected chi connectivity index (χ1v) is 17.1. The van der Waals surface area contributed by atoms with Crippen LogP contribution in [0.25, 0.3) is 16.3 Å². The fourth-order valence-electron chi connectivity index (χ4n) is 7.06. The molecule has 2 aromatic rings. The molecule has 0 bridgehead atoms. The Labute approximate surface area is 265 Å². The molecule has 1 N–H and O–H groups in total. The van der Waals surface area contributed by atoms with E-state index in [1.165, 1.54) is 0 Å². The quantitative estimate of drug-likeness (QED) is 0.310. The SMILES string of the molecule is CC(C)C[C@H]1CN(C(=O)/C=C/c2nc3ccccc3s2)[C@H]2CN([C@@H]3CCN(CCCCO)C3)C(=O)[C@H](CC(C)(C)C)N2C1=O. The van der Waals surface area contributed by atoms with Gasteiger partial charge >= 0.3 is 0 Å². The zero-order valence-corrected chi connectivity index (χ0v) is 27.8. The topological polar surface area (TPSA) is 97.3 Å². The van der Waals surface area contributed by atoms with Gasteiger partial charge in [-0.1, -0.05) is 46.8 Å². The summed E-state index contributed by atoms with van der Waals surface area (Å²) in [7, 11) is 0. The molecule has 5 rings (SSSR count). The smallest absolute Gasteiger partial charge is 0.248 e. The van der Waals surface area contributed by atoms with Crippen molar-refractivity contribution >= 4 is 45.4 Å². The van der Waals surface area contributed by atoms with E-state index in [4.69, 9.17) is 0 Å². The van der Waals surface area contributed by atoms with E-state index in [-0.39, 0.29) is 47.6 Å². The van der Waals surface area contributed by atoms with Crippen LogP contribution in [0.3, 0.4) is 0 Å². The van der Waals surface area contributed by atoms with Gasteiger partial charge in [0.15, 0.2) is 0 Å². The summed E-state index contributed by atoms with van der Waals surface area (Å²) in [6.45, 7) is 14.0. The van der Waals surface area contributed by atoms with Gasteiger partial charge < -0.3 is 24.7 Å². The molecule has 44 heavy (non-hydrogen) atoms. The molecule has 240 valence electrons. The number of rotatable bonds is 10. The standard InChI is InChI=1S/C34H49N5O4S/c1-23(2)18-24-20-38(31(41)13-12-29-35-26-10-6-7-11-28(26)44-29)30-22-37(25-14-16-36(21-25)15-8-9-17-40)33(43)27(19-34(3,4)5)39(30)32(24)42/h6-7,10-13,23-25,27,30,40H,8-9,14-22H2,1-5H3/b13-12+/t24-,25+,27-,30+/m0/s1. The molecule has 0 radical (unpaired) electrons. The van der Waals surface area contributed by atoms with Crippen molar-refractivity contribution in [2.24, 2.45) is 17.3 Å². The molecule has 0 aliphatic carbocycles. The molecular weight excluding hydrogens is 574 g/mol. The molecule has 0 spiro atoms. The Balaban J connectivity index is 1.45. The lowest BCUT2D eigenvalue weighted by Crippen LogP contribution is -2.74. The van der Waals surface area contributed by atoms with Crippen molar-refractivity contribution < 1.29 is 19.5 Å². The third kappa shape index (κ3) is 7.35. The van der Waals surface area contributed by atoms with Crippen LogP contribution in [0.2, 0.25) is 0 Å². The lowest BCUT2D eigenvalue weighted by molar-refractivity contribution is -0.181. The Morgan fingerprint density at radius 2 is 1.89 bits per heavy atom. The molecule has 10 heteroatoms. The first-order valence-electron chi connectivity index (χ1n) is 16.3. The maximum Gasteiger partial charge on any atom is 0.248 e. The molecule has 9 nitrogen and oxygen atoms in total. The van der Waals surface area contributed by atoms with Gasteiger partial charge in [-0.15, -0.1) is 11.3 Å². The molecule has 3 amide bonds. The van der Waals surface area contributed by atoms with Gasteiger partial charge in [0.05, 0.1) is 22.7 Å². The highest BCUT2D eigenvalue weighted by atomic mass is 32.1. The molecule has 3 saturated heterocycles. The van der Waals surface area contributed by atoms with Crippen molar-refractivity contribution in [3.63, 3.8) is 0 Å². The van der Waals surface area contributed by atoms with Crippen LogP contribution < -0.4 is 0 Å². The summed E-state index contributed by atoms with van der Waals surface area (Å²) in [4.78, 5) is 55.2. The van der Waals surface area contributed by atoms with E-state index in [0.29, 0.717) is 25.9 Å². The fraction of sp³-hybridized carbons (Fsp3) is 0.647. The number of unbranched alkanes of at least 4 members (excludes halogenated alkanes) is 1. The molecule has 0 unspecified atom stereocenters. The molecule has 0 saturated carbocycles. The Kier molecular flexibility index (Phi) is 10.1. The van der Waals surface area contributed by atoms with Crippen molar-refractivity contribution in [1.82, 2.24) is 24.6 Å². The third-order valence-corrected chi connectivity index (χ3v) is 10.1. The van der Waals surface area contributed by atoms with Crippen LogP contribution >= 0.6 is 11.3 Å². The summed E-state index contributed by atoms with van der Waals surface area (Å²) < 4.78 is 1.07. The lowest BCUT2D eigenvalue weighted by Gasteiger charge is -2.55. The summed E-state index contributed by atoms with van der Waals surface area (Å²) in [5.74, 6) is -0.205. The van der Waals surface area contributed by atoms with E-state index < -0.39 is 12.2 Å². The third-order valence-electron chi connectivity index (χ3n) is 9.06. The van der Waals surface area contributed by atoms with Gasteiger partial charge in [0.1, 0.15) is 17.2 Å². The van der Waals surface area contributed by atoms with Gasteiger partial charge in [-0.3, -0.25) is 14.4 Å². The highest BCUT2D eigenvalue weighted by Crippen LogP contribution is 2.37. The van der Waals surface area contributed by atoms with Crippen LogP contribution in [0.15, 0.2) is 30.3 Å². The van der Waals surface area contributed by atoms with E-state index in [1.807, 2.05) is 34.1 Å². The molecule has 3 fully saturated rings. The molecule has 4 atom stereocenters. The van der Waals surface area contributed by atoms with Crippen LogP contribution in [0, 0.1) is 17.3 Å². The zero-order chi connectivity index (χ0) is 31.6. The van der Waals surface area contributed by atoms with Crippen molar-refractivity contribution in [1.29, 1.82) is 0 Å². The van der Waals surface area contributed by atoms with Crippen LogP contribution in [0.4, 0.5) is 0 Å². The van der Waals surface area contributed by atoms with Gasteiger partial charge in [-0.25, -0.2) is 4.98 Å². The summed E-state index contributed by atoms with van der Waals surface area (Å²) >= 11 is 1.54. The number of hydrogen-bond donors (Lipinski definition) is 1. The Bertz CT molecular complexity index is 1330. The van der Waals surface area contributed by atoms with E-state index in [0.717, 1.165) is 54.1 Å². The molecule has 3 aliphatic heterocycles. The van der Waals surface area contributed by atoms with Crippen LogP contribution in [-0.4, -0.2) is 105 Å². The maximum atomic E-state index is 14.3. The first kappa shape index (κ1) is 32.6. The minimum Gasteiger partial charge on any atom is -0.396 e. The molecular formula is C34H49N5O4S. The number of likely N-dealkylation sites (tertiary alicyclic amines) is 1. The number of carbonyl (C=O) groups excluding carboxylic acids is 3. The second-order valence-corrected chi connectivity index (χ2v) is 15.4. The van der Waals surface area contributed by atoms with Crippen molar-refractivity contribution in [2.75, 3.05) is 39.3 Å². The maximum absolute atomic E-state index is 14.3. The zero-order valence-electron chi connectivity index (χ0n) is 26.9. The number of carbonyl (C=O) groups is 3. The van der Waals surface area contributed by atoms with Crippen LogP contribution in [0.5, 0.6) is 0 Å². The summed E-state index contributed by atoms with van der Waals surface area (Å²) in [5, 5.41) is 9.98. The van der Waals surface area contributed by atoms with Crippen molar-refractivity contribution in [2.45, 2.75) is 85.0 Å². The Morgan fingerprint density at radius 3 is 2.59 bits per heavy atom. The molecule has 1 aromatic carbocycles. The number of para-hydroxylation sites is 1. The van der Waals surface area contributed by atoms with Crippen molar-refractivity contribution in [3.8, 4) is 0 Å². The van der Waals surface area contributed by atoms with Gasteiger partial charge in [-0.05, 0) is 68.2 Å².